The first-order valence-electron chi connectivity index (χ1n) is 7.00. The van der Waals surface area contributed by atoms with Crippen LogP contribution in [0.15, 0.2) is 35.2 Å². The van der Waals surface area contributed by atoms with Gasteiger partial charge in [-0.15, -0.1) is 16.8 Å². The second-order valence-electron chi connectivity index (χ2n) is 4.92. The molecule has 0 radical (unpaired) electrons. The minimum atomic E-state index is -3.74. The summed E-state index contributed by atoms with van der Waals surface area (Å²) in [5.74, 6) is 0.0999. The number of nitrogens with zero attached hydrogens (tertiary/aromatic N) is 3. The molecule has 26 heavy (non-hydrogen) atoms. The molecule has 1 aromatic heterocycles. The van der Waals surface area contributed by atoms with Crippen LogP contribution >= 0.6 is 46.3 Å². The maximum Gasteiger partial charge on any atom is 0.246 e. The fourth-order valence-corrected chi connectivity index (χ4v) is 4.71. The van der Waals surface area contributed by atoms with Crippen LogP contribution in [0.4, 0.5) is 10.8 Å². The summed E-state index contributed by atoms with van der Waals surface area (Å²) in [5, 5.41) is 11.1. The van der Waals surface area contributed by atoms with E-state index in [0.717, 1.165) is 10.6 Å². The lowest BCUT2D eigenvalue weighted by atomic mass is 10.3. The molecule has 0 saturated carbocycles. The number of amides is 1. The molecule has 1 aromatic carbocycles. The number of carbonyl (C=O) groups is 1. The molecule has 0 saturated heterocycles. The molecule has 0 aliphatic carbocycles. The normalized spacial score (nSPS) is 11.2. The van der Waals surface area contributed by atoms with E-state index in [-0.39, 0.29) is 20.9 Å². The molecule has 1 heterocycles. The Kier molecular flexibility index (Phi) is 7.30. The number of nitrogens with one attached hydrogen (secondary N) is 1. The molecule has 2 aromatic rings. The van der Waals surface area contributed by atoms with Crippen LogP contribution in [0.5, 0.6) is 0 Å². The SMILES string of the molecule is C=CCSc1nnc(NC(=O)CN(c2cc(Cl)cc(Cl)c2)S(C)(=O)=O)s1. The summed E-state index contributed by atoms with van der Waals surface area (Å²) < 4.78 is 25.8. The van der Waals surface area contributed by atoms with Crippen molar-refractivity contribution in [2.45, 2.75) is 4.34 Å². The Hall–Kier alpha value is -1.33. The molecule has 0 bridgehead atoms. The van der Waals surface area contributed by atoms with Crippen LogP contribution in [-0.2, 0) is 14.8 Å². The van der Waals surface area contributed by atoms with Crippen molar-refractivity contribution in [2.24, 2.45) is 0 Å². The van der Waals surface area contributed by atoms with Crippen molar-refractivity contribution in [3.63, 3.8) is 0 Å². The van der Waals surface area contributed by atoms with Crippen LogP contribution in [0.3, 0.4) is 0 Å². The van der Waals surface area contributed by atoms with Crippen LogP contribution < -0.4 is 9.62 Å². The minimum Gasteiger partial charge on any atom is -0.299 e. The molecule has 1 amide bonds. The molecular formula is C14H14Cl2N4O3S3. The number of hydrogen-bond acceptors (Lipinski definition) is 7. The summed E-state index contributed by atoms with van der Waals surface area (Å²) in [6.07, 6.45) is 2.72. The monoisotopic (exact) mass is 452 g/mol. The van der Waals surface area contributed by atoms with Gasteiger partial charge < -0.3 is 0 Å². The molecule has 2 rings (SSSR count). The van der Waals surface area contributed by atoms with E-state index < -0.39 is 22.5 Å². The van der Waals surface area contributed by atoms with Crippen molar-refractivity contribution in [1.29, 1.82) is 0 Å². The first kappa shape index (κ1) is 21.0. The lowest BCUT2D eigenvalue weighted by Crippen LogP contribution is -2.37. The molecule has 0 atom stereocenters. The van der Waals surface area contributed by atoms with E-state index in [4.69, 9.17) is 23.2 Å². The fourth-order valence-electron chi connectivity index (χ4n) is 1.82. The summed E-state index contributed by atoms with van der Waals surface area (Å²) in [6, 6.07) is 4.30. The number of carbonyl (C=O) groups excluding carboxylic acids is 1. The minimum absolute atomic E-state index is 0.194. The van der Waals surface area contributed by atoms with Crippen LogP contribution in [-0.4, -0.2) is 43.1 Å². The zero-order valence-corrected chi connectivity index (χ0v) is 17.4. The van der Waals surface area contributed by atoms with Gasteiger partial charge in [0.2, 0.25) is 21.1 Å². The lowest BCUT2D eigenvalue weighted by molar-refractivity contribution is -0.114. The van der Waals surface area contributed by atoms with Gasteiger partial charge in [-0.1, -0.05) is 52.4 Å². The van der Waals surface area contributed by atoms with Gasteiger partial charge >= 0.3 is 0 Å². The van der Waals surface area contributed by atoms with Crippen LogP contribution in [0.25, 0.3) is 0 Å². The predicted octanol–water partition coefficient (Wildman–Crippen LogP) is 3.53. The second kappa shape index (κ2) is 9.05. The molecule has 0 aliphatic heterocycles. The van der Waals surface area contributed by atoms with Crippen LogP contribution in [0, 0.1) is 0 Å². The fraction of sp³-hybridized carbons (Fsp3) is 0.214. The summed E-state index contributed by atoms with van der Waals surface area (Å²) in [6.45, 7) is 3.16. The zero-order chi connectivity index (χ0) is 19.3. The maximum atomic E-state index is 12.3. The van der Waals surface area contributed by atoms with Gasteiger partial charge in [0.25, 0.3) is 0 Å². The third kappa shape index (κ3) is 6.13. The average Bonchev–Trinajstić information content (AvgIpc) is 2.95. The van der Waals surface area contributed by atoms with Gasteiger partial charge in [-0.3, -0.25) is 14.4 Å². The van der Waals surface area contributed by atoms with Gasteiger partial charge in [0, 0.05) is 15.8 Å². The number of anilines is 2. The summed E-state index contributed by atoms with van der Waals surface area (Å²) in [5.41, 5.74) is 0.194. The van der Waals surface area contributed by atoms with E-state index in [9.17, 15) is 13.2 Å². The van der Waals surface area contributed by atoms with Crippen LogP contribution in [0.1, 0.15) is 0 Å². The van der Waals surface area contributed by atoms with E-state index in [0.29, 0.717) is 10.1 Å². The van der Waals surface area contributed by atoms with Gasteiger partial charge in [0.05, 0.1) is 11.9 Å². The highest BCUT2D eigenvalue weighted by molar-refractivity contribution is 8.01. The Morgan fingerprint density at radius 1 is 1.35 bits per heavy atom. The second-order valence-corrected chi connectivity index (χ2v) is 9.94. The molecule has 0 aliphatic rings. The number of benzene rings is 1. The van der Waals surface area contributed by atoms with Gasteiger partial charge in [-0.2, -0.15) is 0 Å². The van der Waals surface area contributed by atoms with E-state index >= 15 is 0 Å². The van der Waals surface area contributed by atoms with Crippen LogP contribution in [0.2, 0.25) is 10.0 Å². The molecule has 12 heteroatoms. The number of rotatable bonds is 8. The molecule has 7 nitrogen and oxygen atoms in total. The van der Waals surface area contributed by atoms with E-state index in [1.165, 1.54) is 41.3 Å². The summed E-state index contributed by atoms with van der Waals surface area (Å²) >= 11 is 14.5. The highest BCUT2D eigenvalue weighted by Gasteiger charge is 2.22. The molecule has 1 N–H and O–H groups in total. The quantitative estimate of drug-likeness (QED) is 0.374. The number of hydrogen-bond donors (Lipinski definition) is 1. The van der Waals surface area contributed by atoms with E-state index in [1.54, 1.807) is 6.08 Å². The van der Waals surface area contributed by atoms with Gasteiger partial charge in [0.1, 0.15) is 6.54 Å². The first-order valence-corrected chi connectivity index (χ1v) is 11.4. The van der Waals surface area contributed by atoms with Crippen molar-refractivity contribution in [1.82, 2.24) is 10.2 Å². The summed E-state index contributed by atoms with van der Waals surface area (Å²) in [4.78, 5) is 12.3. The van der Waals surface area contributed by atoms with E-state index in [2.05, 4.69) is 22.1 Å². The van der Waals surface area contributed by atoms with Crippen molar-refractivity contribution < 1.29 is 13.2 Å². The topological polar surface area (TPSA) is 92.3 Å². The molecule has 140 valence electrons. The first-order chi connectivity index (χ1) is 12.2. The number of aromatic nitrogens is 2. The average molecular weight is 453 g/mol. The third-order valence-corrected chi connectivity index (χ3v) is 6.35. The Morgan fingerprint density at radius 2 is 2.00 bits per heavy atom. The summed E-state index contributed by atoms with van der Waals surface area (Å²) in [7, 11) is -3.74. The van der Waals surface area contributed by atoms with E-state index in [1.807, 2.05) is 0 Å². The third-order valence-electron chi connectivity index (χ3n) is 2.80. The molecule has 0 spiro atoms. The maximum absolute atomic E-state index is 12.3. The number of thioether (sulfide) groups is 1. The Bertz CT molecular complexity index is 898. The smallest absolute Gasteiger partial charge is 0.246 e. The highest BCUT2D eigenvalue weighted by atomic mass is 35.5. The number of halogens is 2. The molecular weight excluding hydrogens is 439 g/mol. The predicted molar refractivity (Wildman–Crippen MR) is 108 cm³/mol. The lowest BCUT2D eigenvalue weighted by Gasteiger charge is -2.22. The Labute approximate surface area is 169 Å². The zero-order valence-electron chi connectivity index (χ0n) is 13.5. The molecule has 0 unspecified atom stereocenters. The number of sulfonamides is 1. The van der Waals surface area contributed by atoms with Crippen molar-refractivity contribution in [2.75, 3.05) is 28.2 Å². The Morgan fingerprint density at radius 3 is 2.58 bits per heavy atom. The van der Waals surface area contributed by atoms with Crippen molar-refractivity contribution in [3.8, 4) is 0 Å². The Balaban J connectivity index is 2.14. The highest BCUT2D eigenvalue weighted by Crippen LogP contribution is 2.28. The van der Waals surface area contributed by atoms with Gasteiger partial charge in [0.15, 0.2) is 4.34 Å². The standard InChI is InChI=1S/C14H14Cl2N4O3S3/c1-3-4-24-14-19-18-13(25-14)17-12(21)8-20(26(2,22)23)11-6-9(15)5-10(16)7-11/h3,5-7H,1,4,8H2,2H3,(H,17,18,21). The van der Waals surface area contributed by atoms with Crippen molar-refractivity contribution in [3.05, 3.63) is 40.9 Å². The largest absolute Gasteiger partial charge is 0.299 e. The van der Waals surface area contributed by atoms with Crippen molar-refractivity contribution >= 4 is 73.0 Å². The van der Waals surface area contributed by atoms with Gasteiger partial charge in [-0.25, -0.2) is 8.42 Å². The van der Waals surface area contributed by atoms with Gasteiger partial charge in [-0.05, 0) is 18.2 Å². The molecule has 0 fully saturated rings.